The summed E-state index contributed by atoms with van der Waals surface area (Å²) in [6, 6.07) is 1.30. The highest BCUT2D eigenvalue weighted by molar-refractivity contribution is 5.78. The summed E-state index contributed by atoms with van der Waals surface area (Å²) in [6.07, 6.45) is 8.17. The second-order valence-electron chi connectivity index (χ2n) is 7.93. The number of nitrogens with zero attached hydrogens (tertiary/aromatic N) is 4. The van der Waals surface area contributed by atoms with Crippen molar-refractivity contribution in [2.24, 2.45) is 5.92 Å². The van der Waals surface area contributed by atoms with E-state index in [0.717, 1.165) is 31.8 Å². The second kappa shape index (κ2) is 8.32. The maximum atomic E-state index is 12.8. The Balaban J connectivity index is 1.51. The summed E-state index contributed by atoms with van der Waals surface area (Å²) in [5, 5.41) is 0. The molecular weight excluding hydrogens is 314 g/mol. The van der Waals surface area contributed by atoms with Gasteiger partial charge in [-0.25, -0.2) is 4.98 Å². The monoisotopic (exact) mass is 347 g/mol. The Kier molecular flexibility index (Phi) is 6.12. The van der Waals surface area contributed by atoms with E-state index in [1.807, 2.05) is 11.9 Å². The van der Waals surface area contributed by atoms with Gasteiger partial charge in [0.25, 0.3) is 0 Å². The van der Waals surface area contributed by atoms with Gasteiger partial charge in [0.15, 0.2) is 0 Å². The molecule has 0 saturated carbocycles. The van der Waals surface area contributed by atoms with Crippen LogP contribution in [-0.2, 0) is 11.3 Å². The molecule has 2 saturated heterocycles. The lowest BCUT2D eigenvalue weighted by molar-refractivity contribution is -0.137. The third kappa shape index (κ3) is 4.61. The Hall–Kier alpha value is -1.40. The number of imidazole rings is 1. The zero-order valence-electron chi connectivity index (χ0n) is 15.9. The summed E-state index contributed by atoms with van der Waals surface area (Å²) in [4.78, 5) is 27.1. The maximum Gasteiger partial charge on any atom is 0.227 e. The summed E-state index contributed by atoms with van der Waals surface area (Å²) in [5.41, 5.74) is 0. The highest BCUT2D eigenvalue weighted by atomic mass is 16.2. The number of nitrogens with one attached hydrogen (secondary N) is 1. The normalized spacial score (nSPS) is 23.9. The van der Waals surface area contributed by atoms with Gasteiger partial charge in [-0.3, -0.25) is 9.69 Å². The smallest absolute Gasteiger partial charge is 0.227 e. The van der Waals surface area contributed by atoms with Crippen LogP contribution < -0.4 is 0 Å². The van der Waals surface area contributed by atoms with Gasteiger partial charge >= 0.3 is 0 Å². The van der Waals surface area contributed by atoms with Crippen molar-refractivity contribution in [1.82, 2.24) is 24.7 Å². The van der Waals surface area contributed by atoms with E-state index >= 15 is 0 Å². The third-order valence-corrected chi connectivity index (χ3v) is 5.87. The molecule has 1 N–H and O–H groups in total. The highest BCUT2D eigenvalue weighted by Crippen LogP contribution is 2.25. The number of likely N-dealkylation sites (tertiary alicyclic amines) is 2. The first kappa shape index (κ1) is 18.4. The first-order valence-corrected chi connectivity index (χ1v) is 9.76. The van der Waals surface area contributed by atoms with Crippen molar-refractivity contribution in [3.63, 3.8) is 0 Å². The third-order valence-electron chi connectivity index (χ3n) is 5.87. The van der Waals surface area contributed by atoms with Gasteiger partial charge in [0, 0.05) is 38.1 Å². The predicted molar refractivity (Wildman–Crippen MR) is 99.1 cm³/mol. The molecule has 1 amide bonds. The summed E-state index contributed by atoms with van der Waals surface area (Å²) >= 11 is 0. The molecule has 25 heavy (non-hydrogen) atoms. The SMILES string of the molecule is CC(C)N1CCC(N2CCC[C@H](C(=O)N(C)Cc3ncc[nH]3)C2)CC1. The minimum Gasteiger partial charge on any atom is -0.347 e. The van der Waals surface area contributed by atoms with Crippen molar-refractivity contribution in [2.45, 2.75) is 58.2 Å². The van der Waals surface area contributed by atoms with Gasteiger partial charge in [-0.2, -0.15) is 0 Å². The summed E-state index contributed by atoms with van der Waals surface area (Å²) in [5.74, 6) is 1.25. The van der Waals surface area contributed by atoms with E-state index in [1.54, 1.807) is 12.4 Å². The van der Waals surface area contributed by atoms with Gasteiger partial charge in [-0.1, -0.05) is 0 Å². The molecule has 2 fully saturated rings. The lowest BCUT2D eigenvalue weighted by atomic mass is 9.92. The van der Waals surface area contributed by atoms with E-state index in [9.17, 15) is 4.79 Å². The summed E-state index contributed by atoms with van der Waals surface area (Å²) < 4.78 is 0. The molecule has 0 radical (unpaired) electrons. The molecule has 0 spiro atoms. The molecule has 6 heteroatoms. The lowest BCUT2D eigenvalue weighted by Crippen LogP contribution is -2.51. The standard InChI is InChI=1S/C19H33N5O/c1-15(2)23-11-6-17(7-12-23)24-10-4-5-16(13-24)19(25)22(3)14-18-20-8-9-21-18/h8-9,15-17H,4-7,10-14H2,1-3H3,(H,20,21)/t16-/m0/s1. The van der Waals surface area contributed by atoms with E-state index in [0.29, 0.717) is 18.6 Å². The number of amides is 1. The Bertz CT molecular complexity index is 536. The van der Waals surface area contributed by atoms with Crippen LogP contribution in [0.3, 0.4) is 0 Å². The van der Waals surface area contributed by atoms with Crippen LogP contribution >= 0.6 is 0 Å². The first-order chi connectivity index (χ1) is 12.0. The van der Waals surface area contributed by atoms with E-state index < -0.39 is 0 Å². The topological polar surface area (TPSA) is 55.5 Å². The number of carbonyl (C=O) groups excluding carboxylic acids is 1. The average Bonchev–Trinajstić information content (AvgIpc) is 3.14. The molecule has 140 valence electrons. The van der Waals surface area contributed by atoms with Gasteiger partial charge in [-0.05, 0) is 59.2 Å². The van der Waals surface area contributed by atoms with E-state index in [-0.39, 0.29) is 11.8 Å². The van der Waals surface area contributed by atoms with Gasteiger partial charge in [0.1, 0.15) is 5.82 Å². The Labute approximate surface area is 151 Å². The maximum absolute atomic E-state index is 12.8. The number of hydrogen-bond acceptors (Lipinski definition) is 4. The van der Waals surface area contributed by atoms with Crippen LogP contribution in [-0.4, -0.2) is 75.9 Å². The molecule has 3 heterocycles. The van der Waals surface area contributed by atoms with Gasteiger partial charge in [0.2, 0.25) is 5.91 Å². The van der Waals surface area contributed by atoms with Crippen LogP contribution in [0.15, 0.2) is 12.4 Å². The van der Waals surface area contributed by atoms with E-state index in [4.69, 9.17) is 0 Å². The Morgan fingerprint density at radius 1 is 1.32 bits per heavy atom. The zero-order chi connectivity index (χ0) is 17.8. The minimum absolute atomic E-state index is 0.136. The van der Waals surface area contributed by atoms with Crippen molar-refractivity contribution < 1.29 is 4.79 Å². The predicted octanol–water partition coefficient (Wildman–Crippen LogP) is 1.95. The number of rotatable bonds is 5. The minimum atomic E-state index is 0.136. The van der Waals surface area contributed by atoms with Crippen molar-refractivity contribution in [1.29, 1.82) is 0 Å². The number of H-pyrrole nitrogens is 1. The van der Waals surface area contributed by atoms with Crippen molar-refractivity contribution in [3.05, 3.63) is 18.2 Å². The highest BCUT2D eigenvalue weighted by Gasteiger charge is 2.33. The van der Waals surface area contributed by atoms with Crippen LogP contribution in [0.25, 0.3) is 0 Å². The molecule has 2 aliphatic rings. The molecule has 0 unspecified atom stereocenters. The fourth-order valence-electron chi connectivity index (χ4n) is 4.31. The second-order valence-corrected chi connectivity index (χ2v) is 7.93. The van der Waals surface area contributed by atoms with Crippen molar-refractivity contribution in [2.75, 3.05) is 33.2 Å². The van der Waals surface area contributed by atoms with Gasteiger partial charge in [-0.15, -0.1) is 0 Å². The lowest BCUT2D eigenvalue weighted by Gasteiger charge is -2.43. The first-order valence-electron chi connectivity index (χ1n) is 9.76. The molecule has 1 atom stereocenters. The molecule has 1 aromatic rings. The molecule has 0 bridgehead atoms. The van der Waals surface area contributed by atoms with Crippen LogP contribution in [0.2, 0.25) is 0 Å². The van der Waals surface area contributed by atoms with Crippen molar-refractivity contribution in [3.8, 4) is 0 Å². The van der Waals surface area contributed by atoms with Gasteiger partial charge in [0.05, 0.1) is 12.5 Å². The number of carbonyl (C=O) groups is 1. The number of aromatic nitrogens is 2. The van der Waals surface area contributed by atoms with E-state index in [1.165, 1.54) is 25.9 Å². The molecular formula is C19H33N5O. The summed E-state index contributed by atoms with van der Waals surface area (Å²) in [6.45, 7) is 9.59. The molecule has 0 aliphatic carbocycles. The fourth-order valence-corrected chi connectivity index (χ4v) is 4.31. The fraction of sp³-hybridized carbons (Fsp3) is 0.789. The zero-order valence-corrected chi connectivity index (χ0v) is 15.9. The number of piperidine rings is 2. The van der Waals surface area contributed by atoms with Crippen LogP contribution in [0.5, 0.6) is 0 Å². The van der Waals surface area contributed by atoms with Crippen LogP contribution in [0.1, 0.15) is 45.4 Å². The Morgan fingerprint density at radius 2 is 2.08 bits per heavy atom. The molecule has 3 rings (SSSR count). The largest absolute Gasteiger partial charge is 0.347 e. The molecule has 1 aromatic heterocycles. The van der Waals surface area contributed by atoms with Crippen LogP contribution in [0.4, 0.5) is 0 Å². The quantitative estimate of drug-likeness (QED) is 0.885. The molecule has 0 aromatic carbocycles. The van der Waals surface area contributed by atoms with Gasteiger partial charge < -0.3 is 14.8 Å². The molecule has 6 nitrogen and oxygen atoms in total. The Morgan fingerprint density at radius 3 is 2.72 bits per heavy atom. The number of hydrogen-bond donors (Lipinski definition) is 1. The van der Waals surface area contributed by atoms with E-state index in [2.05, 4.69) is 33.6 Å². The number of aromatic amines is 1. The average molecular weight is 348 g/mol. The van der Waals surface area contributed by atoms with Crippen LogP contribution in [0, 0.1) is 5.92 Å². The summed E-state index contributed by atoms with van der Waals surface area (Å²) in [7, 11) is 1.89. The molecule has 2 aliphatic heterocycles. The van der Waals surface area contributed by atoms with Crippen molar-refractivity contribution >= 4 is 5.91 Å².